The number of hydrogen-bond acceptors (Lipinski definition) is 0. The summed E-state index contributed by atoms with van der Waals surface area (Å²) in [5.41, 5.74) is 0. The molecule has 0 aromatic carbocycles. The molecule has 0 aromatic rings. The molecule has 1 atom stereocenters. The van der Waals surface area contributed by atoms with Gasteiger partial charge >= 0.3 is 61.0 Å². The molecule has 1 heteroatoms. The van der Waals surface area contributed by atoms with Gasteiger partial charge in [0.05, 0.1) is 0 Å². The third kappa shape index (κ3) is 1.51. The molecule has 1 rings (SSSR count). The number of rotatable bonds is 1. The minimum absolute atomic E-state index is 1.14. The van der Waals surface area contributed by atoms with Gasteiger partial charge in [-0.05, 0) is 0 Å². The van der Waals surface area contributed by atoms with E-state index in [1.165, 1.54) is 11.2 Å². The molecule has 0 nitrogen and oxygen atoms in total. The first-order chi connectivity index (χ1) is 4.17. The van der Waals surface area contributed by atoms with Gasteiger partial charge in [-0.15, -0.1) is 0 Å². The Labute approximate surface area is 61.4 Å². The Morgan fingerprint density at radius 2 is 2.11 bits per heavy atom. The monoisotopic (exact) mass is 188 g/mol. The van der Waals surface area contributed by atoms with Crippen LogP contribution in [0.25, 0.3) is 0 Å². The standard InChI is InChI=1S/C8H18Ge/c1-4-8-6-5-7-9(8,2)3/h8H,4-7H2,1-3H3. The van der Waals surface area contributed by atoms with E-state index in [1.807, 2.05) is 0 Å². The molecule has 0 N–H and O–H groups in total. The van der Waals surface area contributed by atoms with Crippen LogP contribution >= 0.6 is 0 Å². The molecule has 0 aliphatic carbocycles. The second-order valence-corrected chi connectivity index (χ2v) is 15.1. The van der Waals surface area contributed by atoms with Crippen LogP contribution in [0.5, 0.6) is 0 Å². The van der Waals surface area contributed by atoms with E-state index in [1.54, 1.807) is 18.1 Å². The summed E-state index contributed by atoms with van der Waals surface area (Å²) in [6.45, 7) is 2.36. The predicted octanol–water partition coefficient (Wildman–Crippen LogP) is 3.27. The Balaban J connectivity index is 2.52. The van der Waals surface area contributed by atoms with Gasteiger partial charge in [0.1, 0.15) is 0 Å². The molecule has 1 aliphatic heterocycles. The molecule has 0 bridgehead atoms. The molecular formula is C8H18Ge. The second kappa shape index (κ2) is 2.65. The van der Waals surface area contributed by atoms with Crippen LogP contribution in [-0.4, -0.2) is 13.3 Å². The van der Waals surface area contributed by atoms with Crippen molar-refractivity contribution in [2.45, 2.75) is 47.7 Å². The van der Waals surface area contributed by atoms with Gasteiger partial charge in [-0.3, -0.25) is 0 Å². The molecule has 1 heterocycles. The van der Waals surface area contributed by atoms with Crippen LogP contribution in [0.1, 0.15) is 26.2 Å². The molecular weight excluding hydrogens is 169 g/mol. The Morgan fingerprint density at radius 1 is 1.44 bits per heavy atom. The first-order valence-corrected chi connectivity index (χ1v) is 11.1. The predicted molar refractivity (Wildman–Crippen MR) is 45.6 cm³/mol. The Bertz CT molecular complexity index is 96.7. The fraction of sp³-hybridized carbons (Fsp3) is 1.00. The fourth-order valence-electron chi connectivity index (χ4n) is 2.16. The van der Waals surface area contributed by atoms with Crippen molar-refractivity contribution in [2.75, 3.05) is 0 Å². The molecule has 0 spiro atoms. The van der Waals surface area contributed by atoms with E-state index >= 15 is 0 Å². The fourth-order valence-corrected chi connectivity index (χ4v) is 9.74. The summed E-state index contributed by atoms with van der Waals surface area (Å²) in [6, 6.07) is 0. The van der Waals surface area contributed by atoms with Crippen molar-refractivity contribution < 1.29 is 0 Å². The van der Waals surface area contributed by atoms with Crippen LogP contribution in [0, 0.1) is 0 Å². The second-order valence-electron chi connectivity index (χ2n) is 3.99. The summed E-state index contributed by atoms with van der Waals surface area (Å²) in [5, 5.41) is 1.64. The molecule has 1 fully saturated rings. The maximum absolute atomic E-state index is 2.60. The van der Waals surface area contributed by atoms with Gasteiger partial charge < -0.3 is 0 Å². The third-order valence-corrected chi connectivity index (χ3v) is 12.5. The van der Waals surface area contributed by atoms with Crippen molar-refractivity contribution in [3.05, 3.63) is 0 Å². The zero-order valence-corrected chi connectivity index (χ0v) is 9.00. The van der Waals surface area contributed by atoms with Crippen LogP contribution in [0.4, 0.5) is 0 Å². The summed E-state index contributed by atoms with van der Waals surface area (Å²) in [6.07, 6.45) is 4.57. The molecule has 54 valence electrons. The van der Waals surface area contributed by atoms with Crippen molar-refractivity contribution in [1.29, 1.82) is 0 Å². The SMILES string of the molecule is CC[CH]1CC[CH2][Ge]1([CH3])[CH3]. The van der Waals surface area contributed by atoms with E-state index in [0.717, 1.165) is 0 Å². The summed E-state index contributed by atoms with van der Waals surface area (Å²) < 4.78 is 1.20. The van der Waals surface area contributed by atoms with E-state index in [4.69, 9.17) is 0 Å². The van der Waals surface area contributed by atoms with Crippen molar-refractivity contribution in [2.24, 2.45) is 0 Å². The normalized spacial score (nSPS) is 33.0. The zero-order valence-electron chi connectivity index (χ0n) is 6.91. The Hall–Kier alpha value is 0.543. The van der Waals surface area contributed by atoms with E-state index in [2.05, 4.69) is 18.4 Å². The van der Waals surface area contributed by atoms with E-state index in [0.29, 0.717) is 0 Å². The first kappa shape index (κ1) is 7.65. The van der Waals surface area contributed by atoms with Gasteiger partial charge in [0.25, 0.3) is 0 Å². The topological polar surface area (TPSA) is 0 Å². The summed E-state index contributed by atoms with van der Waals surface area (Å²) >= 11 is -1.14. The van der Waals surface area contributed by atoms with Crippen LogP contribution in [0.3, 0.4) is 0 Å². The molecule has 9 heavy (non-hydrogen) atoms. The summed E-state index contributed by atoms with van der Waals surface area (Å²) in [5.74, 6) is 5.20. The first-order valence-electron chi connectivity index (χ1n) is 4.17. The van der Waals surface area contributed by atoms with Crippen molar-refractivity contribution in [1.82, 2.24) is 0 Å². The van der Waals surface area contributed by atoms with E-state index in [9.17, 15) is 0 Å². The number of hydrogen-bond donors (Lipinski definition) is 0. The van der Waals surface area contributed by atoms with E-state index < -0.39 is 13.3 Å². The molecule has 1 saturated heterocycles. The molecule has 1 aliphatic rings. The zero-order chi connectivity index (χ0) is 6.91. The van der Waals surface area contributed by atoms with E-state index in [-0.39, 0.29) is 0 Å². The average Bonchev–Trinajstić information content (AvgIpc) is 2.08. The van der Waals surface area contributed by atoms with Gasteiger partial charge in [0.2, 0.25) is 0 Å². The van der Waals surface area contributed by atoms with Crippen LogP contribution < -0.4 is 0 Å². The maximum atomic E-state index is 2.60. The average molecular weight is 187 g/mol. The van der Waals surface area contributed by atoms with Crippen molar-refractivity contribution in [3.63, 3.8) is 0 Å². The third-order valence-electron chi connectivity index (χ3n) is 2.97. The van der Waals surface area contributed by atoms with Crippen molar-refractivity contribution >= 4 is 13.3 Å². The van der Waals surface area contributed by atoms with Gasteiger partial charge in [0.15, 0.2) is 0 Å². The Morgan fingerprint density at radius 3 is 2.33 bits per heavy atom. The van der Waals surface area contributed by atoms with Gasteiger partial charge in [0, 0.05) is 0 Å². The van der Waals surface area contributed by atoms with Crippen LogP contribution in [0.15, 0.2) is 0 Å². The van der Waals surface area contributed by atoms with Crippen LogP contribution in [-0.2, 0) is 0 Å². The molecule has 0 saturated carbocycles. The van der Waals surface area contributed by atoms with Gasteiger partial charge in [-0.2, -0.15) is 0 Å². The Kier molecular flexibility index (Phi) is 2.25. The van der Waals surface area contributed by atoms with Crippen LogP contribution in [0.2, 0.25) is 21.5 Å². The summed E-state index contributed by atoms with van der Waals surface area (Å²) in [4.78, 5) is 0. The summed E-state index contributed by atoms with van der Waals surface area (Å²) in [7, 11) is 0. The molecule has 0 radical (unpaired) electrons. The molecule has 1 unspecified atom stereocenters. The van der Waals surface area contributed by atoms with Crippen molar-refractivity contribution in [3.8, 4) is 0 Å². The van der Waals surface area contributed by atoms with Gasteiger partial charge in [-0.1, -0.05) is 0 Å². The quantitative estimate of drug-likeness (QED) is 0.552. The minimum atomic E-state index is -1.14. The van der Waals surface area contributed by atoms with Gasteiger partial charge in [-0.25, -0.2) is 0 Å². The molecule has 0 amide bonds. The molecule has 0 aromatic heterocycles.